The first-order chi connectivity index (χ1) is 21.8. The molecule has 0 spiro atoms. The van der Waals surface area contributed by atoms with Gasteiger partial charge in [0.05, 0.1) is 23.4 Å². The normalized spacial score (nSPS) is 16.6. The van der Waals surface area contributed by atoms with E-state index in [9.17, 15) is 9.59 Å². The van der Waals surface area contributed by atoms with E-state index < -0.39 is 0 Å². The number of likely N-dealkylation sites (tertiary alicyclic amines) is 1. The largest absolute Gasteiger partial charge is 0.445 e. The van der Waals surface area contributed by atoms with Gasteiger partial charge in [0.15, 0.2) is 11.5 Å². The predicted octanol–water partition coefficient (Wildman–Crippen LogP) is 3.69. The first kappa shape index (κ1) is 28.5. The maximum absolute atomic E-state index is 13.1. The Labute approximate surface area is 258 Å². The number of para-hydroxylation sites is 1. The summed E-state index contributed by atoms with van der Waals surface area (Å²) in [5, 5.41) is 14.5. The van der Waals surface area contributed by atoms with Crippen molar-refractivity contribution < 1.29 is 18.7 Å². The third-order valence-corrected chi connectivity index (χ3v) is 8.06. The minimum atomic E-state index is -0.255. The lowest BCUT2D eigenvalue weighted by atomic mass is 10.1. The highest BCUT2D eigenvalue weighted by Gasteiger charge is 2.29. The number of amides is 2. The predicted molar refractivity (Wildman–Crippen MR) is 166 cm³/mol. The summed E-state index contributed by atoms with van der Waals surface area (Å²) in [6.45, 7) is 5.38. The van der Waals surface area contributed by atoms with Crippen molar-refractivity contribution in [2.75, 3.05) is 30.3 Å². The number of carbonyl (C=O) groups excluding carboxylic acids is 2. The third kappa shape index (κ3) is 6.22. The molecule has 232 valence electrons. The second kappa shape index (κ2) is 11.7. The molecular formula is C31H34N10O4. The number of hydrogen-bond donors (Lipinski definition) is 4. The third-order valence-electron chi connectivity index (χ3n) is 8.06. The van der Waals surface area contributed by atoms with Gasteiger partial charge in [-0.3, -0.25) is 19.2 Å². The minimum absolute atomic E-state index is 0.0649. The average molecular weight is 611 g/mol. The smallest absolute Gasteiger partial charge is 0.394 e. The number of aromatic nitrogens is 6. The van der Waals surface area contributed by atoms with E-state index in [-0.39, 0.29) is 42.3 Å². The molecule has 1 atom stereocenters. The number of nitrogens with zero attached hydrogens (tertiary/aromatic N) is 6. The molecule has 4 aromatic heterocycles. The van der Waals surface area contributed by atoms with Gasteiger partial charge in [-0.15, -0.1) is 0 Å². The SMILES string of the molecule is Cc1cnc(Nc2cc(C)n(C)n2)nc1-c1c[nH]c2c(NC(=O)CN3CCC(Oc4nc(C(=O)NC5CC5)co4)C3)cccc12. The van der Waals surface area contributed by atoms with Crippen molar-refractivity contribution in [2.45, 2.75) is 45.3 Å². The standard InChI is InChI=1S/C31H34N10O4/c1-17-12-33-30(37-25-11-18(2)40(3)39-25)38-27(17)22-13-32-28-21(22)5-4-6-23(28)35-26(42)15-41-10-9-20(14-41)45-31-36-24(16-44-31)29(43)34-19-7-8-19/h4-6,11-13,16,19-20,32H,7-10,14-15H2,1-3H3,(H,34,43)(H,35,42)(H,33,37,38,39). The number of fused-ring (bicyclic) bond motifs is 1. The van der Waals surface area contributed by atoms with E-state index in [1.165, 1.54) is 6.26 Å². The molecule has 2 fully saturated rings. The average Bonchev–Trinajstić information content (AvgIpc) is 3.35. The number of hydrogen-bond acceptors (Lipinski definition) is 10. The lowest BCUT2D eigenvalue weighted by molar-refractivity contribution is -0.117. The van der Waals surface area contributed by atoms with Crippen LogP contribution in [0.3, 0.4) is 0 Å². The Morgan fingerprint density at radius 2 is 2.04 bits per heavy atom. The van der Waals surface area contributed by atoms with Crippen LogP contribution in [0, 0.1) is 13.8 Å². The number of nitrogens with one attached hydrogen (secondary N) is 4. The molecule has 1 saturated carbocycles. The molecule has 1 saturated heterocycles. The summed E-state index contributed by atoms with van der Waals surface area (Å²) in [5.41, 5.74) is 5.31. The Hall–Kier alpha value is -5.24. The van der Waals surface area contributed by atoms with Gasteiger partial charge < -0.3 is 30.1 Å². The van der Waals surface area contributed by atoms with E-state index in [4.69, 9.17) is 14.1 Å². The van der Waals surface area contributed by atoms with Gasteiger partial charge in [-0.1, -0.05) is 12.1 Å². The zero-order valence-electron chi connectivity index (χ0n) is 25.3. The molecule has 1 aliphatic heterocycles. The molecule has 1 aromatic carbocycles. The second-order valence-corrected chi connectivity index (χ2v) is 11.6. The summed E-state index contributed by atoms with van der Waals surface area (Å²) < 4.78 is 13.0. The second-order valence-electron chi connectivity index (χ2n) is 11.6. The van der Waals surface area contributed by atoms with Gasteiger partial charge >= 0.3 is 6.08 Å². The van der Waals surface area contributed by atoms with Crippen molar-refractivity contribution in [1.82, 2.24) is 39.9 Å². The minimum Gasteiger partial charge on any atom is -0.445 e. The molecular weight excluding hydrogens is 576 g/mol. The fourth-order valence-corrected chi connectivity index (χ4v) is 5.44. The molecule has 5 aromatic rings. The van der Waals surface area contributed by atoms with Gasteiger partial charge in [0.2, 0.25) is 11.9 Å². The van der Waals surface area contributed by atoms with Crippen molar-refractivity contribution in [3.8, 4) is 17.3 Å². The zero-order valence-corrected chi connectivity index (χ0v) is 25.3. The van der Waals surface area contributed by atoms with Gasteiger partial charge in [0.25, 0.3) is 5.91 Å². The number of ether oxygens (including phenoxy) is 1. The molecule has 2 amide bonds. The summed E-state index contributed by atoms with van der Waals surface area (Å²) in [6, 6.07) is 7.96. The maximum atomic E-state index is 13.1. The first-order valence-corrected chi connectivity index (χ1v) is 15.0. The van der Waals surface area contributed by atoms with Crippen molar-refractivity contribution in [3.05, 3.63) is 59.9 Å². The number of carbonyl (C=O) groups is 2. The molecule has 1 unspecified atom stereocenters. The van der Waals surface area contributed by atoms with Crippen LogP contribution >= 0.6 is 0 Å². The van der Waals surface area contributed by atoms with Crippen LogP contribution in [-0.2, 0) is 11.8 Å². The fourth-order valence-electron chi connectivity index (χ4n) is 5.44. The van der Waals surface area contributed by atoms with Gasteiger partial charge in [0.1, 0.15) is 12.4 Å². The molecule has 0 radical (unpaired) electrons. The van der Waals surface area contributed by atoms with E-state index in [1.807, 2.05) is 56.3 Å². The first-order valence-electron chi connectivity index (χ1n) is 15.0. The Morgan fingerprint density at radius 1 is 1.18 bits per heavy atom. The molecule has 4 N–H and O–H groups in total. The van der Waals surface area contributed by atoms with Crippen molar-refractivity contribution >= 4 is 40.2 Å². The van der Waals surface area contributed by atoms with Crippen LogP contribution < -0.4 is 20.7 Å². The Balaban J connectivity index is 0.985. The number of benzene rings is 1. The van der Waals surface area contributed by atoms with Gasteiger partial charge in [-0.05, 0) is 44.7 Å². The summed E-state index contributed by atoms with van der Waals surface area (Å²) in [4.78, 5) is 44.0. The van der Waals surface area contributed by atoms with Gasteiger partial charge in [0, 0.05) is 61.3 Å². The van der Waals surface area contributed by atoms with E-state index in [0.29, 0.717) is 37.0 Å². The highest BCUT2D eigenvalue weighted by Crippen LogP contribution is 2.33. The van der Waals surface area contributed by atoms with Crippen LogP contribution in [0.25, 0.3) is 22.2 Å². The number of aromatic amines is 1. The van der Waals surface area contributed by atoms with Crippen LogP contribution in [-0.4, -0.2) is 78.2 Å². The molecule has 7 rings (SSSR count). The highest BCUT2D eigenvalue weighted by atomic mass is 16.6. The van der Waals surface area contributed by atoms with Crippen molar-refractivity contribution in [2.24, 2.45) is 7.05 Å². The van der Waals surface area contributed by atoms with Crippen molar-refractivity contribution in [1.29, 1.82) is 0 Å². The Morgan fingerprint density at radius 3 is 2.84 bits per heavy atom. The summed E-state index contributed by atoms with van der Waals surface area (Å²) >= 11 is 0. The lowest BCUT2D eigenvalue weighted by Gasteiger charge is -2.15. The van der Waals surface area contributed by atoms with Crippen LogP contribution in [0.1, 0.15) is 41.0 Å². The molecule has 5 heterocycles. The molecule has 14 heteroatoms. The van der Waals surface area contributed by atoms with Crippen LogP contribution in [0.15, 0.2) is 47.3 Å². The highest BCUT2D eigenvalue weighted by molar-refractivity contribution is 6.06. The van der Waals surface area contributed by atoms with Crippen molar-refractivity contribution in [3.63, 3.8) is 0 Å². The maximum Gasteiger partial charge on any atom is 0.394 e. The summed E-state index contributed by atoms with van der Waals surface area (Å²) in [5.74, 6) is 0.728. The molecule has 1 aliphatic carbocycles. The number of anilines is 3. The fraction of sp³-hybridized carbons (Fsp3) is 0.355. The van der Waals surface area contributed by atoms with E-state index in [2.05, 4.69) is 36.0 Å². The lowest BCUT2D eigenvalue weighted by Crippen LogP contribution is -2.33. The number of oxazole rings is 1. The van der Waals surface area contributed by atoms with E-state index >= 15 is 0 Å². The van der Waals surface area contributed by atoms with E-state index in [0.717, 1.165) is 46.3 Å². The number of aryl methyl sites for hydroxylation is 3. The summed E-state index contributed by atoms with van der Waals surface area (Å²) in [6.07, 6.45) is 7.57. The Kier molecular flexibility index (Phi) is 7.41. The van der Waals surface area contributed by atoms with Crippen LogP contribution in [0.4, 0.5) is 17.5 Å². The van der Waals surface area contributed by atoms with Crippen LogP contribution in [0.2, 0.25) is 0 Å². The Bertz CT molecular complexity index is 1870. The quantitative estimate of drug-likeness (QED) is 0.183. The number of rotatable bonds is 10. The monoisotopic (exact) mass is 610 g/mol. The van der Waals surface area contributed by atoms with Gasteiger partial charge in [-0.2, -0.15) is 10.1 Å². The van der Waals surface area contributed by atoms with Crippen LogP contribution in [0.5, 0.6) is 6.08 Å². The molecule has 45 heavy (non-hydrogen) atoms. The number of H-pyrrole nitrogens is 1. The van der Waals surface area contributed by atoms with E-state index in [1.54, 1.807) is 10.9 Å². The molecule has 0 bridgehead atoms. The zero-order chi connectivity index (χ0) is 31.1. The topological polar surface area (TPSA) is 168 Å². The molecule has 14 nitrogen and oxygen atoms in total. The summed E-state index contributed by atoms with van der Waals surface area (Å²) in [7, 11) is 1.88. The van der Waals surface area contributed by atoms with Gasteiger partial charge in [-0.25, -0.2) is 9.97 Å². The molecule has 2 aliphatic rings.